The molecular formula is C14H25N3O4. The smallest absolute Gasteiger partial charge is 0.218 e. The Hall–Kier alpha value is -1.44. The molecule has 0 aromatic carbocycles. The zero-order chi connectivity index (χ0) is 15.3. The highest BCUT2D eigenvalue weighted by atomic mass is 16.6. The van der Waals surface area contributed by atoms with Crippen LogP contribution < -0.4 is 10.1 Å². The van der Waals surface area contributed by atoms with E-state index in [0.717, 1.165) is 18.1 Å². The predicted molar refractivity (Wildman–Crippen MR) is 80.0 cm³/mol. The standard InChI is InChI=1S/C14H25N3O4/c1-4-12-16-13(15-2)11-14(17-12)21-10-9-20-8-7-19-6-5-18-3/h11H,4-10H2,1-3H3,(H,15,16,17). The number of hydrogen-bond acceptors (Lipinski definition) is 7. The van der Waals surface area contributed by atoms with Crippen LogP contribution in [0.25, 0.3) is 0 Å². The third-order valence-electron chi connectivity index (χ3n) is 2.60. The highest BCUT2D eigenvalue weighted by Crippen LogP contribution is 2.13. The Balaban J connectivity index is 2.15. The maximum absolute atomic E-state index is 5.56. The molecule has 0 radical (unpaired) electrons. The fraction of sp³-hybridized carbons (Fsp3) is 0.714. The van der Waals surface area contributed by atoms with E-state index in [4.69, 9.17) is 18.9 Å². The first-order valence-corrected chi connectivity index (χ1v) is 7.13. The van der Waals surface area contributed by atoms with E-state index in [-0.39, 0.29) is 0 Å². The number of ether oxygens (including phenoxy) is 4. The Labute approximate surface area is 126 Å². The quantitative estimate of drug-likeness (QED) is 0.580. The summed E-state index contributed by atoms with van der Waals surface area (Å²) in [6.45, 7) is 5.23. The summed E-state index contributed by atoms with van der Waals surface area (Å²) in [4.78, 5) is 8.60. The van der Waals surface area contributed by atoms with Crippen LogP contribution in [0.2, 0.25) is 0 Å². The predicted octanol–water partition coefficient (Wildman–Crippen LogP) is 1.14. The van der Waals surface area contributed by atoms with Crippen LogP contribution in [-0.2, 0) is 20.6 Å². The van der Waals surface area contributed by atoms with E-state index >= 15 is 0 Å². The first kappa shape index (κ1) is 17.6. The first-order valence-electron chi connectivity index (χ1n) is 7.13. The Morgan fingerprint density at radius 2 is 1.67 bits per heavy atom. The van der Waals surface area contributed by atoms with Gasteiger partial charge in [0.1, 0.15) is 18.2 Å². The van der Waals surface area contributed by atoms with Crippen molar-refractivity contribution < 1.29 is 18.9 Å². The van der Waals surface area contributed by atoms with Crippen LogP contribution in [0.3, 0.4) is 0 Å². The summed E-state index contributed by atoms with van der Waals surface area (Å²) in [6.07, 6.45) is 0.765. The lowest BCUT2D eigenvalue weighted by Crippen LogP contribution is -2.13. The molecule has 0 aliphatic rings. The molecule has 0 bridgehead atoms. The van der Waals surface area contributed by atoms with E-state index in [0.29, 0.717) is 45.5 Å². The summed E-state index contributed by atoms with van der Waals surface area (Å²) in [5.74, 6) is 2.07. The lowest BCUT2D eigenvalue weighted by Gasteiger charge is -2.09. The van der Waals surface area contributed by atoms with Crippen molar-refractivity contribution >= 4 is 5.82 Å². The average molecular weight is 299 g/mol. The van der Waals surface area contributed by atoms with E-state index in [2.05, 4.69) is 15.3 Å². The van der Waals surface area contributed by atoms with Crippen molar-refractivity contribution in [1.82, 2.24) is 9.97 Å². The zero-order valence-electron chi connectivity index (χ0n) is 13.1. The van der Waals surface area contributed by atoms with Crippen LogP contribution in [0.5, 0.6) is 5.88 Å². The highest BCUT2D eigenvalue weighted by Gasteiger charge is 2.03. The number of hydrogen-bond donors (Lipinski definition) is 1. The molecule has 0 fully saturated rings. The van der Waals surface area contributed by atoms with Crippen molar-refractivity contribution in [2.24, 2.45) is 0 Å². The molecule has 120 valence electrons. The van der Waals surface area contributed by atoms with Gasteiger partial charge < -0.3 is 24.3 Å². The van der Waals surface area contributed by atoms with Crippen molar-refractivity contribution in [3.05, 3.63) is 11.9 Å². The van der Waals surface area contributed by atoms with Crippen molar-refractivity contribution in [3.8, 4) is 5.88 Å². The first-order chi connectivity index (χ1) is 10.3. The zero-order valence-corrected chi connectivity index (χ0v) is 13.1. The summed E-state index contributed by atoms with van der Waals surface area (Å²) >= 11 is 0. The fourth-order valence-corrected chi connectivity index (χ4v) is 1.50. The molecule has 0 amide bonds. The molecule has 0 atom stereocenters. The maximum Gasteiger partial charge on any atom is 0.218 e. The van der Waals surface area contributed by atoms with Gasteiger partial charge in [-0.15, -0.1) is 0 Å². The van der Waals surface area contributed by atoms with Gasteiger partial charge in [0.2, 0.25) is 5.88 Å². The molecule has 0 unspecified atom stereocenters. The average Bonchev–Trinajstić information content (AvgIpc) is 2.52. The molecule has 1 N–H and O–H groups in total. The van der Waals surface area contributed by atoms with E-state index in [9.17, 15) is 0 Å². The summed E-state index contributed by atoms with van der Waals surface area (Å²) in [5.41, 5.74) is 0. The molecule has 0 saturated carbocycles. The third-order valence-corrected chi connectivity index (χ3v) is 2.60. The molecule has 7 heteroatoms. The lowest BCUT2D eigenvalue weighted by atomic mass is 10.4. The van der Waals surface area contributed by atoms with Gasteiger partial charge in [0.25, 0.3) is 0 Å². The van der Waals surface area contributed by atoms with Crippen LogP contribution >= 0.6 is 0 Å². The molecule has 0 saturated heterocycles. The number of nitrogens with zero attached hydrogens (tertiary/aromatic N) is 2. The van der Waals surface area contributed by atoms with Crippen LogP contribution in [0.4, 0.5) is 5.82 Å². The molecule has 1 aromatic rings. The number of aryl methyl sites for hydroxylation is 1. The third kappa shape index (κ3) is 7.79. The minimum Gasteiger partial charge on any atom is -0.475 e. The minimum absolute atomic E-state index is 0.446. The normalized spacial score (nSPS) is 10.6. The van der Waals surface area contributed by atoms with Gasteiger partial charge in [0, 0.05) is 26.6 Å². The van der Waals surface area contributed by atoms with E-state index in [1.807, 2.05) is 14.0 Å². The van der Waals surface area contributed by atoms with Gasteiger partial charge in [-0.3, -0.25) is 0 Å². The van der Waals surface area contributed by atoms with Crippen LogP contribution in [0.15, 0.2) is 6.07 Å². The Morgan fingerprint density at radius 3 is 2.29 bits per heavy atom. The second-order valence-corrected chi connectivity index (χ2v) is 4.18. The molecule has 21 heavy (non-hydrogen) atoms. The van der Waals surface area contributed by atoms with E-state index < -0.39 is 0 Å². The Kier molecular flexibility index (Phi) is 9.43. The lowest BCUT2D eigenvalue weighted by molar-refractivity contribution is 0.0176. The molecule has 0 aliphatic heterocycles. The molecular weight excluding hydrogens is 274 g/mol. The number of methoxy groups -OCH3 is 1. The molecule has 0 spiro atoms. The summed E-state index contributed by atoms with van der Waals surface area (Å²) in [7, 11) is 3.46. The van der Waals surface area contributed by atoms with E-state index in [1.165, 1.54) is 0 Å². The van der Waals surface area contributed by atoms with E-state index in [1.54, 1.807) is 13.2 Å². The minimum atomic E-state index is 0.446. The van der Waals surface area contributed by atoms with Gasteiger partial charge >= 0.3 is 0 Å². The van der Waals surface area contributed by atoms with Crippen molar-refractivity contribution in [1.29, 1.82) is 0 Å². The number of aromatic nitrogens is 2. The highest BCUT2D eigenvalue weighted by molar-refractivity contribution is 5.37. The molecule has 0 aliphatic carbocycles. The maximum atomic E-state index is 5.56. The summed E-state index contributed by atoms with van der Waals surface area (Å²) in [5, 5.41) is 2.99. The van der Waals surface area contributed by atoms with Crippen molar-refractivity contribution in [2.75, 3.05) is 59.1 Å². The molecule has 7 nitrogen and oxygen atoms in total. The Bertz CT molecular complexity index is 368. The number of nitrogens with one attached hydrogen (secondary N) is 1. The SMILES string of the molecule is CCc1nc(NC)cc(OCCOCCOCCOC)n1. The number of rotatable bonds is 12. The molecule has 1 aromatic heterocycles. The van der Waals surface area contributed by atoms with Crippen molar-refractivity contribution in [2.45, 2.75) is 13.3 Å². The second-order valence-electron chi connectivity index (χ2n) is 4.18. The Morgan fingerprint density at radius 1 is 1.00 bits per heavy atom. The van der Waals surface area contributed by atoms with Gasteiger partial charge in [0.05, 0.1) is 33.0 Å². The fourth-order valence-electron chi connectivity index (χ4n) is 1.50. The van der Waals surface area contributed by atoms with Gasteiger partial charge in [-0.1, -0.05) is 6.92 Å². The van der Waals surface area contributed by atoms with Crippen LogP contribution in [-0.4, -0.2) is 63.8 Å². The van der Waals surface area contributed by atoms with Crippen LogP contribution in [0.1, 0.15) is 12.7 Å². The van der Waals surface area contributed by atoms with Gasteiger partial charge in [-0.2, -0.15) is 4.98 Å². The number of anilines is 1. The summed E-state index contributed by atoms with van der Waals surface area (Å²) in [6, 6.07) is 1.77. The molecule has 1 heterocycles. The monoisotopic (exact) mass is 299 g/mol. The second kappa shape index (κ2) is 11.2. The largest absolute Gasteiger partial charge is 0.475 e. The van der Waals surface area contributed by atoms with Gasteiger partial charge in [-0.05, 0) is 0 Å². The van der Waals surface area contributed by atoms with Crippen LogP contribution in [0, 0.1) is 0 Å². The van der Waals surface area contributed by atoms with Crippen molar-refractivity contribution in [3.63, 3.8) is 0 Å². The topological polar surface area (TPSA) is 74.7 Å². The summed E-state index contributed by atoms with van der Waals surface area (Å²) < 4.78 is 21.1. The van der Waals surface area contributed by atoms with Gasteiger partial charge in [-0.25, -0.2) is 4.98 Å². The molecule has 1 rings (SSSR count). The van der Waals surface area contributed by atoms with Gasteiger partial charge in [0.15, 0.2) is 0 Å².